The number of benzene rings is 2. The van der Waals surface area contributed by atoms with Crippen LogP contribution in [0.2, 0.25) is 0 Å². The van der Waals surface area contributed by atoms with Crippen molar-refractivity contribution in [2.45, 2.75) is 0 Å². The Morgan fingerprint density at radius 1 is 1.14 bits per heavy atom. The summed E-state index contributed by atoms with van der Waals surface area (Å²) in [5.74, 6) is -0.155. The molecule has 0 heterocycles. The van der Waals surface area contributed by atoms with Crippen LogP contribution in [0.15, 0.2) is 53.5 Å². The van der Waals surface area contributed by atoms with E-state index in [-0.39, 0.29) is 12.4 Å². The number of halogens is 1. The molecule has 0 amide bonds. The van der Waals surface area contributed by atoms with E-state index in [2.05, 4.69) is 9.73 Å². The van der Waals surface area contributed by atoms with Gasteiger partial charge in [-0.15, -0.1) is 0 Å². The van der Waals surface area contributed by atoms with E-state index >= 15 is 0 Å². The predicted octanol–water partition coefficient (Wildman–Crippen LogP) is 3.13. The quantitative estimate of drug-likeness (QED) is 0.627. The Hall–Kier alpha value is -2.69. The number of methoxy groups -OCH3 is 1. The van der Waals surface area contributed by atoms with Crippen molar-refractivity contribution >= 4 is 17.9 Å². The zero-order valence-corrected chi connectivity index (χ0v) is 11.5. The van der Waals surface area contributed by atoms with Crippen molar-refractivity contribution in [3.63, 3.8) is 0 Å². The number of ether oxygens (including phenoxy) is 2. The van der Waals surface area contributed by atoms with Gasteiger partial charge >= 0.3 is 5.97 Å². The third-order valence-corrected chi connectivity index (χ3v) is 2.65. The SMILES string of the molecule is COC(=O)COc1ccc(C=Nc2ccc(F)cc2)cc1. The molecule has 108 valence electrons. The highest BCUT2D eigenvalue weighted by Gasteiger charge is 2.01. The van der Waals surface area contributed by atoms with Gasteiger partial charge in [-0.3, -0.25) is 4.99 Å². The maximum absolute atomic E-state index is 12.8. The maximum atomic E-state index is 12.8. The van der Waals surface area contributed by atoms with E-state index in [9.17, 15) is 9.18 Å². The minimum atomic E-state index is -0.433. The Labute approximate surface area is 121 Å². The van der Waals surface area contributed by atoms with Crippen LogP contribution in [0, 0.1) is 5.82 Å². The fourth-order valence-corrected chi connectivity index (χ4v) is 1.53. The van der Waals surface area contributed by atoms with Crippen LogP contribution in [-0.2, 0) is 9.53 Å². The molecule has 0 aromatic heterocycles. The van der Waals surface area contributed by atoms with Crippen LogP contribution in [0.25, 0.3) is 0 Å². The third-order valence-electron chi connectivity index (χ3n) is 2.65. The van der Waals surface area contributed by atoms with Gasteiger partial charge in [0, 0.05) is 6.21 Å². The van der Waals surface area contributed by atoms with Crippen molar-refractivity contribution in [2.75, 3.05) is 13.7 Å². The molecule has 0 fully saturated rings. The highest BCUT2D eigenvalue weighted by atomic mass is 19.1. The first-order valence-corrected chi connectivity index (χ1v) is 6.27. The largest absolute Gasteiger partial charge is 0.482 e. The van der Waals surface area contributed by atoms with Crippen LogP contribution in [0.5, 0.6) is 5.75 Å². The summed E-state index contributed by atoms with van der Waals surface area (Å²) < 4.78 is 22.5. The van der Waals surface area contributed by atoms with Crippen LogP contribution < -0.4 is 4.74 Å². The molecule has 0 saturated carbocycles. The third kappa shape index (κ3) is 4.72. The highest BCUT2D eigenvalue weighted by molar-refractivity contribution is 5.82. The van der Waals surface area contributed by atoms with E-state index in [1.54, 1.807) is 42.6 Å². The average molecular weight is 287 g/mol. The van der Waals surface area contributed by atoms with Crippen LogP contribution >= 0.6 is 0 Å². The fourth-order valence-electron chi connectivity index (χ4n) is 1.53. The van der Waals surface area contributed by atoms with E-state index in [1.807, 2.05) is 0 Å². The van der Waals surface area contributed by atoms with E-state index in [4.69, 9.17) is 4.74 Å². The Morgan fingerprint density at radius 2 is 1.81 bits per heavy atom. The van der Waals surface area contributed by atoms with Gasteiger partial charge in [-0.25, -0.2) is 9.18 Å². The van der Waals surface area contributed by atoms with Gasteiger partial charge in [-0.2, -0.15) is 0 Å². The van der Waals surface area contributed by atoms with Gasteiger partial charge in [0.25, 0.3) is 0 Å². The summed E-state index contributed by atoms with van der Waals surface area (Å²) in [6.45, 7) is -0.125. The summed E-state index contributed by atoms with van der Waals surface area (Å²) in [4.78, 5) is 15.2. The van der Waals surface area contributed by atoms with E-state index in [1.165, 1.54) is 19.2 Å². The molecule has 0 aliphatic carbocycles. The molecule has 0 unspecified atom stereocenters. The van der Waals surface area contributed by atoms with Gasteiger partial charge in [0.15, 0.2) is 6.61 Å². The number of hydrogen-bond donors (Lipinski definition) is 0. The molecule has 0 aliphatic heterocycles. The lowest BCUT2D eigenvalue weighted by molar-refractivity contribution is -0.142. The van der Waals surface area contributed by atoms with E-state index in [0.29, 0.717) is 11.4 Å². The molecule has 0 spiro atoms. The van der Waals surface area contributed by atoms with Gasteiger partial charge in [0.05, 0.1) is 12.8 Å². The predicted molar refractivity (Wildman–Crippen MR) is 77.6 cm³/mol. The van der Waals surface area contributed by atoms with Crippen LogP contribution in [-0.4, -0.2) is 25.9 Å². The standard InChI is InChI=1S/C16H14FNO3/c1-20-16(19)11-21-15-8-2-12(3-9-15)10-18-14-6-4-13(17)5-7-14/h2-10H,11H2,1H3. The van der Waals surface area contributed by atoms with Gasteiger partial charge < -0.3 is 9.47 Å². The number of carbonyl (C=O) groups is 1. The summed E-state index contributed by atoms with van der Waals surface area (Å²) in [5.41, 5.74) is 1.53. The molecule has 2 aromatic carbocycles. The molecule has 4 nitrogen and oxygen atoms in total. The minimum absolute atomic E-state index is 0.125. The lowest BCUT2D eigenvalue weighted by Crippen LogP contribution is -2.12. The number of hydrogen-bond acceptors (Lipinski definition) is 4. The second-order valence-corrected chi connectivity index (χ2v) is 4.17. The lowest BCUT2D eigenvalue weighted by atomic mass is 10.2. The number of esters is 1. The maximum Gasteiger partial charge on any atom is 0.343 e. The zero-order valence-electron chi connectivity index (χ0n) is 11.5. The molecule has 2 rings (SSSR count). The van der Waals surface area contributed by atoms with Crippen LogP contribution in [0.1, 0.15) is 5.56 Å². The highest BCUT2D eigenvalue weighted by Crippen LogP contribution is 2.14. The van der Waals surface area contributed by atoms with Gasteiger partial charge in [-0.05, 0) is 54.1 Å². The smallest absolute Gasteiger partial charge is 0.343 e. The molecular weight excluding hydrogens is 273 g/mol. The monoisotopic (exact) mass is 287 g/mol. The Kier molecular flexibility index (Phi) is 5.04. The summed E-state index contributed by atoms with van der Waals surface area (Å²) in [6, 6.07) is 13.0. The number of rotatable bonds is 5. The molecule has 0 atom stereocenters. The van der Waals surface area contributed by atoms with Gasteiger partial charge in [-0.1, -0.05) is 0 Å². The molecular formula is C16H14FNO3. The zero-order chi connectivity index (χ0) is 15.1. The number of carbonyl (C=O) groups excluding carboxylic acids is 1. The molecule has 0 aliphatic rings. The van der Waals surface area contributed by atoms with Crippen molar-refractivity contribution in [3.05, 3.63) is 59.9 Å². The summed E-state index contributed by atoms with van der Waals surface area (Å²) in [6.07, 6.45) is 1.66. The van der Waals surface area contributed by atoms with E-state index < -0.39 is 5.97 Å². The molecule has 2 aromatic rings. The summed E-state index contributed by atoms with van der Waals surface area (Å²) in [5, 5.41) is 0. The topological polar surface area (TPSA) is 47.9 Å². The van der Waals surface area contributed by atoms with Crippen LogP contribution in [0.3, 0.4) is 0 Å². The fraction of sp³-hybridized carbons (Fsp3) is 0.125. The molecule has 0 radical (unpaired) electrons. The first-order chi connectivity index (χ1) is 10.2. The average Bonchev–Trinajstić information content (AvgIpc) is 2.53. The van der Waals surface area contributed by atoms with Gasteiger partial charge in [0.2, 0.25) is 0 Å². The Bertz CT molecular complexity index is 621. The first kappa shape index (κ1) is 14.7. The minimum Gasteiger partial charge on any atom is -0.482 e. The summed E-state index contributed by atoms with van der Waals surface area (Å²) in [7, 11) is 1.31. The Balaban J connectivity index is 1.95. The molecule has 0 saturated heterocycles. The molecule has 0 N–H and O–H groups in total. The van der Waals surface area contributed by atoms with E-state index in [0.717, 1.165) is 5.56 Å². The Morgan fingerprint density at radius 3 is 2.43 bits per heavy atom. The first-order valence-electron chi connectivity index (χ1n) is 6.27. The van der Waals surface area contributed by atoms with Gasteiger partial charge in [0.1, 0.15) is 11.6 Å². The molecule has 21 heavy (non-hydrogen) atoms. The number of aliphatic imine (C=N–C) groups is 1. The molecule has 0 bridgehead atoms. The second kappa shape index (κ2) is 7.19. The van der Waals surface area contributed by atoms with Crippen LogP contribution in [0.4, 0.5) is 10.1 Å². The van der Waals surface area contributed by atoms with Crippen molar-refractivity contribution in [1.82, 2.24) is 0 Å². The number of nitrogens with zero attached hydrogens (tertiary/aromatic N) is 1. The lowest BCUT2D eigenvalue weighted by Gasteiger charge is -2.04. The molecule has 5 heteroatoms. The second-order valence-electron chi connectivity index (χ2n) is 4.17. The summed E-state index contributed by atoms with van der Waals surface area (Å²) >= 11 is 0. The normalized spacial score (nSPS) is 10.6. The van der Waals surface area contributed by atoms with Crippen molar-refractivity contribution < 1.29 is 18.7 Å². The van der Waals surface area contributed by atoms with Crippen molar-refractivity contribution in [2.24, 2.45) is 4.99 Å². The van der Waals surface area contributed by atoms with Crippen molar-refractivity contribution in [3.8, 4) is 5.75 Å². The van der Waals surface area contributed by atoms with Crippen molar-refractivity contribution in [1.29, 1.82) is 0 Å².